The van der Waals surface area contributed by atoms with Crippen molar-refractivity contribution in [3.05, 3.63) is 54.1 Å². The number of ether oxygens (including phenoxy) is 2. The lowest BCUT2D eigenvalue weighted by Gasteiger charge is -2.14. The molecule has 0 fully saturated rings. The van der Waals surface area contributed by atoms with Crippen LogP contribution in [0.2, 0.25) is 0 Å². The fourth-order valence-electron chi connectivity index (χ4n) is 3.23. The standard InChI is InChI=1S/C25H34O3/c1-4-6-7-8-9-10-11-25(26)28-20(3)21-12-14-22(15-13-21)23-16-18-24(19-17-23)27-5-2/h12-20H,4-11H2,1-3H3. The number of benzene rings is 2. The van der Waals surface area contributed by atoms with Crippen LogP contribution in [-0.2, 0) is 9.53 Å². The van der Waals surface area contributed by atoms with Gasteiger partial charge in [-0.05, 0) is 49.1 Å². The van der Waals surface area contributed by atoms with E-state index in [1.807, 2.05) is 38.1 Å². The average molecular weight is 383 g/mol. The number of unbranched alkanes of at least 4 members (excludes halogenated alkanes) is 5. The van der Waals surface area contributed by atoms with Gasteiger partial charge in [-0.3, -0.25) is 4.79 Å². The summed E-state index contributed by atoms with van der Waals surface area (Å²) in [5.74, 6) is 0.785. The normalized spacial score (nSPS) is 11.8. The molecule has 3 nitrogen and oxygen atoms in total. The van der Waals surface area contributed by atoms with Crippen LogP contribution in [0, 0.1) is 0 Å². The van der Waals surface area contributed by atoms with Gasteiger partial charge in [0.15, 0.2) is 0 Å². The van der Waals surface area contributed by atoms with Gasteiger partial charge in [0.25, 0.3) is 0 Å². The molecule has 0 aromatic heterocycles. The van der Waals surface area contributed by atoms with E-state index in [0.29, 0.717) is 13.0 Å². The summed E-state index contributed by atoms with van der Waals surface area (Å²) in [6.07, 6.45) is 7.34. The van der Waals surface area contributed by atoms with Gasteiger partial charge in [-0.1, -0.05) is 75.4 Å². The summed E-state index contributed by atoms with van der Waals surface area (Å²) in [5, 5.41) is 0. The van der Waals surface area contributed by atoms with Crippen molar-refractivity contribution in [2.24, 2.45) is 0 Å². The Morgan fingerprint density at radius 3 is 2.00 bits per heavy atom. The zero-order valence-corrected chi connectivity index (χ0v) is 17.6. The third-order valence-corrected chi connectivity index (χ3v) is 4.92. The minimum atomic E-state index is -0.220. The molecule has 0 amide bonds. The second-order valence-corrected chi connectivity index (χ2v) is 7.23. The van der Waals surface area contributed by atoms with Crippen molar-refractivity contribution in [2.45, 2.75) is 71.8 Å². The molecule has 0 aliphatic rings. The molecule has 0 aliphatic heterocycles. The molecule has 152 valence electrons. The first-order valence-electron chi connectivity index (χ1n) is 10.7. The predicted molar refractivity (Wildman–Crippen MR) is 116 cm³/mol. The second kappa shape index (κ2) is 12.2. The molecule has 0 saturated heterocycles. The van der Waals surface area contributed by atoms with Crippen molar-refractivity contribution in [1.29, 1.82) is 0 Å². The van der Waals surface area contributed by atoms with E-state index in [2.05, 4.69) is 31.2 Å². The van der Waals surface area contributed by atoms with E-state index in [-0.39, 0.29) is 12.1 Å². The molecular weight excluding hydrogens is 348 g/mol. The van der Waals surface area contributed by atoms with Gasteiger partial charge in [-0.15, -0.1) is 0 Å². The fraction of sp³-hybridized carbons (Fsp3) is 0.480. The maximum atomic E-state index is 12.1. The molecular formula is C25H34O3. The van der Waals surface area contributed by atoms with Crippen molar-refractivity contribution >= 4 is 5.97 Å². The van der Waals surface area contributed by atoms with Crippen LogP contribution in [0.4, 0.5) is 0 Å². The van der Waals surface area contributed by atoms with E-state index in [1.165, 1.54) is 25.7 Å². The average Bonchev–Trinajstić information content (AvgIpc) is 2.71. The molecule has 2 rings (SSSR count). The number of carbonyl (C=O) groups excluding carboxylic acids is 1. The van der Waals surface area contributed by atoms with Crippen molar-refractivity contribution in [2.75, 3.05) is 6.61 Å². The molecule has 3 heteroatoms. The monoisotopic (exact) mass is 382 g/mol. The molecule has 0 radical (unpaired) electrons. The lowest BCUT2D eigenvalue weighted by Crippen LogP contribution is -2.08. The largest absolute Gasteiger partial charge is 0.494 e. The van der Waals surface area contributed by atoms with Crippen molar-refractivity contribution in [1.82, 2.24) is 0 Å². The Bertz CT molecular complexity index is 689. The Morgan fingerprint density at radius 1 is 0.821 bits per heavy atom. The Morgan fingerprint density at radius 2 is 1.39 bits per heavy atom. The van der Waals surface area contributed by atoms with Gasteiger partial charge in [0.2, 0.25) is 0 Å². The van der Waals surface area contributed by atoms with Crippen LogP contribution in [0.1, 0.15) is 77.4 Å². The smallest absolute Gasteiger partial charge is 0.306 e. The zero-order chi connectivity index (χ0) is 20.2. The van der Waals surface area contributed by atoms with Crippen LogP contribution >= 0.6 is 0 Å². The first-order valence-corrected chi connectivity index (χ1v) is 10.7. The number of esters is 1. The summed E-state index contributed by atoms with van der Waals surface area (Å²) in [5.41, 5.74) is 3.30. The van der Waals surface area contributed by atoms with Crippen LogP contribution in [0.15, 0.2) is 48.5 Å². The number of rotatable bonds is 12. The van der Waals surface area contributed by atoms with Gasteiger partial charge in [-0.25, -0.2) is 0 Å². The highest BCUT2D eigenvalue weighted by Gasteiger charge is 2.11. The van der Waals surface area contributed by atoms with Gasteiger partial charge in [0.1, 0.15) is 11.9 Å². The highest BCUT2D eigenvalue weighted by molar-refractivity contribution is 5.69. The molecule has 2 aromatic carbocycles. The minimum Gasteiger partial charge on any atom is -0.494 e. The minimum absolute atomic E-state index is 0.0985. The lowest BCUT2D eigenvalue weighted by molar-refractivity contribution is -0.148. The molecule has 0 N–H and O–H groups in total. The SMILES string of the molecule is CCCCCCCCC(=O)OC(C)c1ccc(-c2ccc(OCC)cc2)cc1. The predicted octanol–water partition coefficient (Wildman–Crippen LogP) is 7.11. The molecule has 0 aliphatic carbocycles. The van der Waals surface area contributed by atoms with E-state index in [9.17, 15) is 4.79 Å². The molecule has 0 bridgehead atoms. The highest BCUT2D eigenvalue weighted by Crippen LogP contribution is 2.25. The first-order chi connectivity index (χ1) is 13.6. The van der Waals surface area contributed by atoms with Crippen molar-refractivity contribution < 1.29 is 14.3 Å². The van der Waals surface area contributed by atoms with Crippen molar-refractivity contribution in [3.63, 3.8) is 0 Å². The van der Waals surface area contributed by atoms with Gasteiger partial charge in [0.05, 0.1) is 6.61 Å². The number of hydrogen-bond acceptors (Lipinski definition) is 3. The molecule has 0 saturated carbocycles. The topological polar surface area (TPSA) is 35.5 Å². The van der Waals surface area contributed by atoms with Gasteiger partial charge in [-0.2, -0.15) is 0 Å². The molecule has 1 atom stereocenters. The molecule has 28 heavy (non-hydrogen) atoms. The maximum Gasteiger partial charge on any atom is 0.306 e. The third-order valence-electron chi connectivity index (χ3n) is 4.92. The molecule has 1 unspecified atom stereocenters. The second-order valence-electron chi connectivity index (χ2n) is 7.23. The summed E-state index contributed by atoms with van der Waals surface area (Å²) in [6.45, 7) is 6.80. The van der Waals surface area contributed by atoms with E-state index in [0.717, 1.165) is 35.3 Å². The highest BCUT2D eigenvalue weighted by atomic mass is 16.5. The van der Waals surface area contributed by atoms with Gasteiger partial charge < -0.3 is 9.47 Å². The van der Waals surface area contributed by atoms with Crippen LogP contribution in [-0.4, -0.2) is 12.6 Å². The van der Waals surface area contributed by atoms with E-state index in [1.54, 1.807) is 0 Å². The summed E-state index contributed by atoms with van der Waals surface area (Å²) < 4.78 is 11.1. The van der Waals surface area contributed by atoms with Crippen LogP contribution in [0.25, 0.3) is 11.1 Å². The molecule has 2 aromatic rings. The Labute approximate surface area is 170 Å². The summed E-state index contributed by atoms with van der Waals surface area (Å²) in [7, 11) is 0. The summed E-state index contributed by atoms with van der Waals surface area (Å²) in [4.78, 5) is 12.1. The van der Waals surface area contributed by atoms with Gasteiger partial charge in [0, 0.05) is 6.42 Å². The number of carbonyl (C=O) groups is 1. The Kier molecular flexibility index (Phi) is 9.61. The van der Waals surface area contributed by atoms with Crippen molar-refractivity contribution in [3.8, 4) is 16.9 Å². The Hall–Kier alpha value is -2.29. The van der Waals surface area contributed by atoms with E-state index >= 15 is 0 Å². The van der Waals surface area contributed by atoms with Crippen LogP contribution in [0.3, 0.4) is 0 Å². The molecule has 0 spiro atoms. The van der Waals surface area contributed by atoms with Crippen LogP contribution < -0.4 is 4.74 Å². The maximum absolute atomic E-state index is 12.1. The Balaban J connectivity index is 1.80. The van der Waals surface area contributed by atoms with Gasteiger partial charge >= 0.3 is 5.97 Å². The quantitative estimate of drug-likeness (QED) is 0.290. The lowest BCUT2D eigenvalue weighted by atomic mass is 10.0. The third kappa shape index (κ3) is 7.38. The summed E-state index contributed by atoms with van der Waals surface area (Å²) >= 11 is 0. The zero-order valence-electron chi connectivity index (χ0n) is 17.6. The van der Waals surface area contributed by atoms with Crippen LogP contribution in [0.5, 0.6) is 5.75 Å². The molecule has 0 heterocycles. The summed E-state index contributed by atoms with van der Waals surface area (Å²) in [6, 6.07) is 16.3. The first kappa shape index (κ1) is 22.0. The number of hydrogen-bond donors (Lipinski definition) is 0. The van der Waals surface area contributed by atoms with E-state index < -0.39 is 0 Å². The van der Waals surface area contributed by atoms with E-state index in [4.69, 9.17) is 9.47 Å². The fourth-order valence-corrected chi connectivity index (χ4v) is 3.23.